The molecule has 0 aliphatic carbocycles. The highest BCUT2D eigenvalue weighted by molar-refractivity contribution is 7.10. The number of hydrogen-bond donors (Lipinski definition) is 1. The Balaban J connectivity index is 2.30. The van der Waals surface area contributed by atoms with E-state index in [0.717, 1.165) is 22.7 Å². The van der Waals surface area contributed by atoms with E-state index in [1.165, 1.54) is 16.9 Å². The van der Waals surface area contributed by atoms with Gasteiger partial charge in [-0.25, -0.2) is 4.98 Å². The zero-order valence-electron chi connectivity index (χ0n) is 10.4. The molecule has 0 bridgehead atoms. The predicted molar refractivity (Wildman–Crippen MR) is 72.2 cm³/mol. The van der Waals surface area contributed by atoms with Crippen molar-refractivity contribution in [2.45, 2.75) is 32.8 Å². The van der Waals surface area contributed by atoms with Gasteiger partial charge in [-0.3, -0.25) is 0 Å². The first kappa shape index (κ1) is 12.3. The molecule has 2 aromatic rings. The van der Waals surface area contributed by atoms with Crippen molar-refractivity contribution in [3.05, 3.63) is 40.2 Å². The third kappa shape index (κ3) is 2.73. The Bertz CT molecular complexity index is 494. The summed E-state index contributed by atoms with van der Waals surface area (Å²) in [6.45, 7) is 5.66. The van der Waals surface area contributed by atoms with Gasteiger partial charge in [0.05, 0.1) is 5.69 Å². The second-order valence-corrected chi connectivity index (χ2v) is 5.51. The number of hydrogen-bond acceptors (Lipinski definition) is 3. The minimum absolute atomic E-state index is 0.757. The molecule has 1 aromatic heterocycles. The molecule has 1 heterocycles. The third-order valence-electron chi connectivity index (χ3n) is 2.69. The van der Waals surface area contributed by atoms with Gasteiger partial charge in [-0.1, -0.05) is 31.2 Å². The van der Waals surface area contributed by atoms with Crippen molar-refractivity contribution >= 4 is 11.3 Å². The average Bonchev–Trinajstić information content (AvgIpc) is 2.78. The van der Waals surface area contributed by atoms with Crippen molar-refractivity contribution < 1.29 is 5.11 Å². The second kappa shape index (κ2) is 4.59. The molecule has 0 atom stereocenters. The van der Waals surface area contributed by atoms with Crippen molar-refractivity contribution in [2.75, 3.05) is 0 Å². The van der Waals surface area contributed by atoms with Gasteiger partial charge in [-0.05, 0) is 25.8 Å². The Morgan fingerprint density at radius 2 is 1.88 bits per heavy atom. The fourth-order valence-corrected chi connectivity index (χ4v) is 2.45. The summed E-state index contributed by atoms with van der Waals surface area (Å²) in [5, 5.41) is 12.6. The van der Waals surface area contributed by atoms with Crippen LogP contribution in [0.2, 0.25) is 0 Å². The van der Waals surface area contributed by atoms with Crippen molar-refractivity contribution in [1.82, 2.24) is 4.98 Å². The van der Waals surface area contributed by atoms with Crippen LogP contribution >= 0.6 is 11.3 Å². The number of benzene rings is 1. The summed E-state index contributed by atoms with van der Waals surface area (Å²) in [6.07, 6.45) is 1.05. The fourth-order valence-electron chi connectivity index (χ4n) is 1.60. The first-order chi connectivity index (χ1) is 8.00. The van der Waals surface area contributed by atoms with Crippen molar-refractivity contribution in [1.29, 1.82) is 0 Å². The number of nitrogens with zero attached hydrogens (tertiary/aromatic N) is 1. The molecule has 3 heteroatoms. The first-order valence-corrected chi connectivity index (χ1v) is 6.66. The number of rotatable bonds is 3. The van der Waals surface area contributed by atoms with Crippen LogP contribution < -0.4 is 0 Å². The normalized spacial score (nSPS) is 11.8. The molecule has 0 saturated heterocycles. The summed E-state index contributed by atoms with van der Waals surface area (Å²) in [5.41, 5.74) is 2.52. The molecule has 2 nitrogen and oxygen atoms in total. The van der Waals surface area contributed by atoms with Crippen molar-refractivity contribution in [3.63, 3.8) is 0 Å². The molecule has 90 valence electrons. The minimum atomic E-state index is -0.855. The molecule has 0 unspecified atom stereocenters. The van der Waals surface area contributed by atoms with Crippen LogP contribution in [-0.2, 0) is 12.0 Å². The van der Waals surface area contributed by atoms with E-state index in [4.69, 9.17) is 0 Å². The first-order valence-electron chi connectivity index (χ1n) is 5.78. The van der Waals surface area contributed by atoms with Crippen molar-refractivity contribution in [3.8, 4) is 11.3 Å². The Morgan fingerprint density at radius 3 is 2.35 bits per heavy atom. The monoisotopic (exact) mass is 247 g/mol. The molecule has 0 fully saturated rings. The van der Waals surface area contributed by atoms with Gasteiger partial charge in [0.15, 0.2) is 0 Å². The summed E-state index contributed by atoms with van der Waals surface area (Å²) in [7, 11) is 0. The lowest BCUT2D eigenvalue weighted by molar-refractivity contribution is 0.0783. The van der Waals surface area contributed by atoms with Crippen LogP contribution in [0.5, 0.6) is 0 Å². The van der Waals surface area contributed by atoms with Crippen LogP contribution in [0.25, 0.3) is 11.3 Å². The van der Waals surface area contributed by atoms with Crippen LogP contribution in [-0.4, -0.2) is 10.1 Å². The van der Waals surface area contributed by atoms with Crippen LogP contribution in [0.15, 0.2) is 29.6 Å². The van der Waals surface area contributed by atoms with Gasteiger partial charge in [0.2, 0.25) is 0 Å². The van der Waals surface area contributed by atoms with E-state index in [1.54, 1.807) is 13.8 Å². The van der Waals surface area contributed by atoms with Gasteiger partial charge in [-0.2, -0.15) is 0 Å². The molecular formula is C14H17NOS. The molecular weight excluding hydrogens is 230 g/mol. The zero-order valence-corrected chi connectivity index (χ0v) is 11.2. The van der Waals surface area contributed by atoms with Crippen LogP contribution in [0.1, 0.15) is 31.3 Å². The topological polar surface area (TPSA) is 33.1 Å². The van der Waals surface area contributed by atoms with E-state index in [9.17, 15) is 5.11 Å². The Labute approximate surface area is 106 Å². The molecule has 1 aromatic carbocycles. The van der Waals surface area contributed by atoms with Gasteiger partial charge in [-0.15, -0.1) is 11.3 Å². The molecule has 0 spiro atoms. The van der Waals surface area contributed by atoms with E-state index in [0.29, 0.717) is 0 Å². The second-order valence-electron chi connectivity index (χ2n) is 4.65. The van der Waals surface area contributed by atoms with Crippen LogP contribution in [0.3, 0.4) is 0 Å². The number of thiazole rings is 1. The number of aryl methyl sites for hydroxylation is 1. The third-order valence-corrected chi connectivity index (χ3v) is 3.84. The highest BCUT2D eigenvalue weighted by atomic mass is 32.1. The highest BCUT2D eigenvalue weighted by Crippen LogP contribution is 2.28. The molecule has 1 N–H and O–H groups in total. The Morgan fingerprint density at radius 1 is 1.24 bits per heavy atom. The molecule has 0 radical (unpaired) electrons. The van der Waals surface area contributed by atoms with Gasteiger partial charge in [0.25, 0.3) is 0 Å². The molecule has 0 amide bonds. The summed E-state index contributed by atoms with van der Waals surface area (Å²) in [5.74, 6) is 0. The fraction of sp³-hybridized carbons (Fsp3) is 0.357. The molecule has 0 aliphatic heterocycles. The van der Waals surface area contributed by atoms with Gasteiger partial charge in [0, 0.05) is 10.9 Å². The lowest BCUT2D eigenvalue weighted by Crippen LogP contribution is -2.14. The maximum atomic E-state index is 9.88. The van der Waals surface area contributed by atoms with Crippen LogP contribution in [0.4, 0.5) is 0 Å². The van der Waals surface area contributed by atoms with Gasteiger partial charge < -0.3 is 5.11 Å². The largest absolute Gasteiger partial charge is 0.383 e. The maximum Gasteiger partial charge on any atom is 0.124 e. The summed E-state index contributed by atoms with van der Waals surface area (Å²) in [4.78, 5) is 4.48. The smallest absolute Gasteiger partial charge is 0.124 e. The average molecular weight is 247 g/mol. The Hall–Kier alpha value is -1.19. The maximum absolute atomic E-state index is 9.88. The van der Waals surface area contributed by atoms with Gasteiger partial charge in [0.1, 0.15) is 10.6 Å². The predicted octanol–water partition coefficient (Wildman–Crippen LogP) is 3.60. The number of aliphatic hydroxyl groups is 1. The highest BCUT2D eigenvalue weighted by Gasteiger charge is 2.20. The van der Waals surface area contributed by atoms with E-state index < -0.39 is 5.60 Å². The molecule has 0 aliphatic rings. The lowest BCUT2D eigenvalue weighted by Gasteiger charge is -2.12. The number of aromatic nitrogens is 1. The molecule has 2 rings (SSSR count). The van der Waals surface area contributed by atoms with E-state index in [2.05, 4.69) is 36.2 Å². The van der Waals surface area contributed by atoms with Gasteiger partial charge >= 0.3 is 0 Å². The minimum Gasteiger partial charge on any atom is -0.383 e. The summed E-state index contributed by atoms with van der Waals surface area (Å²) in [6, 6.07) is 8.42. The summed E-state index contributed by atoms with van der Waals surface area (Å²) >= 11 is 1.50. The van der Waals surface area contributed by atoms with E-state index in [-0.39, 0.29) is 0 Å². The SMILES string of the molecule is CCc1ccc(-c2csc(C(C)(C)O)n2)cc1. The molecule has 0 saturated carbocycles. The lowest BCUT2D eigenvalue weighted by atomic mass is 10.1. The van der Waals surface area contributed by atoms with Crippen LogP contribution in [0, 0.1) is 0 Å². The van der Waals surface area contributed by atoms with E-state index in [1.807, 2.05) is 5.38 Å². The zero-order chi connectivity index (χ0) is 12.5. The standard InChI is InChI=1S/C14H17NOS/c1-4-10-5-7-11(8-6-10)12-9-17-13(15-12)14(2,3)16/h5-9,16H,4H2,1-3H3. The quantitative estimate of drug-likeness (QED) is 0.899. The van der Waals surface area contributed by atoms with Crippen molar-refractivity contribution in [2.24, 2.45) is 0 Å². The molecule has 17 heavy (non-hydrogen) atoms. The van der Waals surface area contributed by atoms with E-state index >= 15 is 0 Å². The Kier molecular flexibility index (Phi) is 3.31. The summed E-state index contributed by atoms with van der Waals surface area (Å²) < 4.78 is 0.